The Morgan fingerprint density at radius 3 is 2.84 bits per heavy atom. The number of carbonyl (C=O) groups excluding carboxylic acids is 1. The Labute approximate surface area is 111 Å². The molecule has 0 aliphatic rings. The zero-order valence-corrected chi connectivity index (χ0v) is 11.3. The molecule has 1 amide bonds. The number of rotatable bonds is 4. The summed E-state index contributed by atoms with van der Waals surface area (Å²) in [5.41, 5.74) is 6.34. The van der Waals surface area contributed by atoms with E-state index in [0.29, 0.717) is 23.7 Å². The van der Waals surface area contributed by atoms with Crippen LogP contribution in [0.25, 0.3) is 11.5 Å². The van der Waals surface area contributed by atoms with Crippen LogP contribution in [0.1, 0.15) is 30.1 Å². The quantitative estimate of drug-likeness (QED) is 0.776. The average molecular weight is 262 g/mol. The van der Waals surface area contributed by atoms with Crippen molar-refractivity contribution in [1.29, 1.82) is 0 Å². The number of nitrogens with zero attached hydrogens (tertiary/aromatic N) is 1. The van der Waals surface area contributed by atoms with Crippen LogP contribution in [0.15, 0.2) is 22.6 Å². The van der Waals surface area contributed by atoms with Gasteiger partial charge in [0.05, 0.1) is 0 Å². The summed E-state index contributed by atoms with van der Waals surface area (Å²) < 4.78 is 5.45. The van der Waals surface area contributed by atoms with Gasteiger partial charge in [-0.05, 0) is 32.9 Å². The fourth-order valence-corrected chi connectivity index (χ4v) is 1.54. The van der Waals surface area contributed by atoms with Crippen molar-refractivity contribution in [3.8, 4) is 11.5 Å². The molecular weight excluding hydrogens is 244 g/mol. The van der Waals surface area contributed by atoms with Crippen molar-refractivity contribution in [2.45, 2.75) is 26.3 Å². The van der Waals surface area contributed by atoms with Gasteiger partial charge in [-0.1, -0.05) is 0 Å². The van der Waals surface area contributed by atoms with Crippen LogP contribution in [0.2, 0.25) is 0 Å². The fraction of sp³-hybridized carbons (Fsp3) is 0.385. The summed E-state index contributed by atoms with van der Waals surface area (Å²) in [6.07, 6.45) is 0. The Morgan fingerprint density at radius 2 is 2.26 bits per heavy atom. The van der Waals surface area contributed by atoms with Gasteiger partial charge in [-0.25, -0.2) is 0 Å². The Kier molecular flexibility index (Phi) is 3.44. The summed E-state index contributed by atoms with van der Waals surface area (Å²) in [5.74, 6) is 1.20. The first kappa shape index (κ1) is 13.4. The van der Waals surface area contributed by atoms with Crippen molar-refractivity contribution >= 4 is 5.91 Å². The van der Waals surface area contributed by atoms with E-state index >= 15 is 0 Å². The molecule has 0 bridgehead atoms. The second kappa shape index (κ2) is 4.89. The fourth-order valence-electron chi connectivity index (χ4n) is 1.54. The van der Waals surface area contributed by atoms with Crippen LogP contribution < -0.4 is 11.1 Å². The van der Waals surface area contributed by atoms with Gasteiger partial charge in [0.1, 0.15) is 11.5 Å². The standard InChI is InChI=1S/C13H18N4O2/c1-8-4-5-11(19-8)9-6-10(17-16-9)12(18)15-7-13(2,3)14/h4-6H,7,14H2,1-3H3,(H,15,18)(H,16,17). The number of carbonyl (C=O) groups is 1. The van der Waals surface area contributed by atoms with Gasteiger partial charge in [0.15, 0.2) is 11.5 Å². The van der Waals surface area contributed by atoms with Crippen LogP contribution in [0.3, 0.4) is 0 Å². The number of nitrogens with one attached hydrogen (secondary N) is 2. The van der Waals surface area contributed by atoms with E-state index < -0.39 is 5.54 Å². The third kappa shape index (κ3) is 3.45. The molecule has 0 radical (unpaired) electrons. The molecule has 4 N–H and O–H groups in total. The molecule has 0 saturated carbocycles. The molecule has 2 rings (SSSR count). The Balaban J connectivity index is 2.07. The maximum absolute atomic E-state index is 11.9. The van der Waals surface area contributed by atoms with Crippen LogP contribution in [0.4, 0.5) is 0 Å². The molecule has 6 nitrogen and oxygen atoms in total. The van der Waals surface area contributed by atoms with Gasteiger partial charge in [-0.15, -0.1) is 0 Å². The number of nitrogens with two attached hydrogens (primary N) is 1. The number of aromatic nitrogens is 2. The number of hydrogen-bond acceptors (Lipinski definition) is 4. The molecule has 0 saturated heterocycles. The van der Waals surface area contributed by atoms with Gasteiger partial charge in [0.2, 0.25) is 0 Å². The van der Waals surface area contributed by atoms with Crippen molar-refractivity contribution in [1.82, 2.24) is 15.5 Å². The smallest absolute Gasteiger partial charge is 0.271 e. The molecule has 2 aromatic rings. The number of aryl methyl sites for hydroxylation is 1. The summed E-state index contributed by atoms with van der Waals surface area (Å²) in [4.78, 5) is 11.9. The normalized spacial score (nSPS) is 11.6. The topological polar surface area (TPSA) is 96.9 Å². The highest BCUT2D eigenvalue weighted by molar-refractivity contribution is 5.93. The van der Waals surface area contributed by atoms with E-state index in [0.717, 1.165) is 5.76 Å². The van der Waals surface area contributed by atoms with E-state index in [4.69, 9.17) is 10.2 Å². The summed E-state index contributed by atoms with van der Waals surface area (Å²) in [7, 11) is 0. The molecular formula is C13H18N4O2. The second-order valence-electron chi connectivity index (χ2n) is 5.25. The first-order valence-electron chi connectivity index (χ1n) is 6.04. The van der Waals surface area contributed by atoms with Gasteiger partial charge in [-0.2, -0.15) is 5.10 Å². The van der Waals surface area contributed by atoms with Crippen LogP contribution in [0, 0.1) is 6.92 Å². The lowest BCUT2D eigenvalue weighted by Gasteiger charge is -2.18. The first-order valence-corrected chi connectivity index (χ1v) is 6.04. The van der Waals surface area contributed by atoms with Gasteiger partial charge in [0.25, 0.3) is 5.91 Å². The highest BCUT2D eigenvalue weighted by atomic mass is 16.3. The van der Waals surface area contributed by atoms with Crippen molar-refractivity contribution in [3.63, 3.8) is 0 Å². The summed E-state index contributed by atoms with van der Waals surface area (Å²) in [6.45, 7) is 5.93. The van der Waals surface area contributed by atoms with E-state index in [1.807, 2.05) is 32.9 Å². The zero-order chi connectivity index (χ0) is 14.0. The predicted octanol–water partition coefficient (Wildman–Crippen LogP) is 1.45. The zero-order valence-electron chi connectivity index (χ0n) is 11.3. The molecule has 0 aliphatic heterocycles. The van der Waals surface area contributed by atoms with Gasteiger partial charge >= 0.3 is 0 Å². The molecule has 2 heterocycles. The maximum atomic E-state index is 11.9. The van der Waals surface area contributed by atoms with E-state index in [9.17, 15) is 4.79 Å². The predicted molar refractivity (Wildman–Crippen MR) is 71.6 cm³/mol. The minimum Gasteiger partial charge on any atom is -0.460 e. The van der Waals surface area contributed by atoms with E-state index in [1.54, 1.807) is 6.07 Å². The molecule has 0 unspecified atom stereocenters. The monoisotopic (exact) mass is 262 g/mol. The molecule has 0 aliphatic carbocycles. The molecule has 102 valence electrons. The molecule has 0 spiro atoms. The minimum absolute atomic E-state index is 0.260. The summed E-state index contributed by atoms with van der Waals surface area (Å²) >= 11 is 0. The molecule has 19 heavy (non-hydrogen) atoms. The lowest BCUT2D eigenvalue weighted by molar-refractivity contribution is 0.0941. The Hall–Kier alpha value is -2.08. The second-order valence-corrected chi connectivity index (χ2v) is 5.25. The highest BCUT2D eigenvalue weighted by Crippen LogP contribution is 2.20. The van der Waals surface area contributed by atoms with Crippen LogP contribution in [-0.4, -0.2) is 28.2 Å². The maximum Gasteiger partial charge on any atom is 0.271 e. The van der Waals surface area contributed by atoms with Crippen molar-refractivity contribution in [2.24, 2.45) is 5.73 Å². The number of hydrogen-bond donors (Lipinski definition) is 3. The Bertz CT molecular complexity index is 577. The lowest BCUT2D eigenvalue weighted by Crippen LogP contribution is -2.45. The first-order chi connectivity index (χ1) is 8.85. The van der Waals surface area contributed by atoms with Gasteiger partial charge < -0.3 is 15.5 Å². The lowest BCUT2D eigenvalue weighted by atomic mass is 10.1. The highest BCUT2D eigenvalue weighted by Gasteiger charge is 2.16. The molecule has 0 fully saturated rings. The number of aromatic amines is 1. The molecule has 0 atom stereocenters. The summed E-state index contributed by atoms with van der Waals surface area (Å²) in [5, 5.41) is 9.47. The van der Waals surface area contributed by atoms with Crippen LogP contribution in [-0.2, 0) is 0 Å². The molecule has 0 aromatic carbocycles. The SMILES string of the molecule is Cc1ccc(-c2cc(C(=O)NCC(C)(C)N)n[nH]2)o1. The van der Waals surface area contributed by atoms with Crippen molar-refractivity contribution in [2.75, 3.05) is 6.54 Å². The molecule has 2 aromatic heterocycles. The third-order valence-electron chi connectivity index (χ3n) is 2.52. The van der Waals surface area contributed by atoms with E-state index in [1.165, 1.54) is 0 Å². The van der Waals surface area contributed by atoms with Crippen molar-refractivity contribution in [3.05, 3.63) is 29.7 Å². The molecule has 6 heteroatoms. The van der Waals surface area contributed by atoms with E-state index in [2.05, 4.69) is 15.5 Å². The largest absolute Gasteiger partial charge is 0.460 e. The minimum atomic E-state index is -0.451. The third-order valence-corrected chi connectivity index (χ3v) is 2.52. The number of furan rings is 1. The number of amides is 1. The van der Waals surface area contributed by atoms with Crippen molar-refractivity contribution < 1.29 is 9.21 Å². The van der Waals surface area contributed by atoms with Gasteiger partial charge in [0, 0.05) is 18.2 Å². The van der Waals surface area contributed by atoms with Gasteiger partial charge in [-0.3, -0.25) is 9.89 Å². The summed E-state index contributed by atoms with van der Waals surface area (Å²) in [6, 6.07) is 5.33. The average Bonchev–Trinajstić information content (AvgIpc) is 2.93. The number of H-pyrrole nitrogens is 1. The van der Waals surface area contributed by atoms with E-state index in [-0.39, 0.29) is 5.91 Å². The van der Waals surface area contributed by atoms with Crippen LogP contribution >= 0.6 is 0 Å². The Morgan fingerprint density at radius 1 is 1.53 bits per heavy atom. The van der Waals surface area contributed by atoms with Crippen LogP contribution in [0.5, 0.6) is 0 Å².